The zero-order chi connectivity index (χ0) is 74.9. The van der Waals surface area contributed by atoms with Crippen LogP contribution in [-0.4, -0.2) is 4.57 Å². The number of aryl methyl sites for hydroxylation is 12. The minimum Gasteiger partial charge on any atom is -0.232 e. The molecule has 5 heteroatoms. The second kappa shape index (κ2) is 29.2. The Morgan fingerprint density at radius 1 is 0.402 bits per heavy atom. The maximum absolute atomic E-state index is 8.71. The van der Waals surface area contributed by atoms with Crippen molar-refractivity contribution in [3.8, 4) is 50.8 Å². The SMILES string of the molecule is Cc1ccc(-c2cc(C(C)C)c(C(C)C)c[n+]2C)c(C)c1.[2H]C(C)(C)c1cccc(C([2H])(C)C)c1-n1cc[n+](C)c1-c1ccccc1C.[2H]C([2H])([2H])c1ccc(-c2cc(C([2H])(C)C)c(C([2H])(C)C)c[n+]2C)c(C)c1.[2H]C([2H])c1c[n+](C)c(-c2ccc(C([2H])([2H])[2H])cc2C)cc1C(C)(C)C. The monoisotopic (exact) mass is 1180 g/mol. The van der Waals surface area contributed by atoms with Crippen LogP contribution in [-0.2, 0) is 33.6 Å². The molecule has 0 bridgehead atoms. The molecule has 0 fully saturated rings. The molecule has 5 aromatic carbocycles. The van der Waals surface area contributed by atoms with Crippen molar-refractivity contribution in [2.45, 2.75) is 200 Å². The Hall–Kier alpha value is -7.24. The molecule has 9 rings (SSSR count). The first kappa shape index (κ1) is 52.8. The lowest BCUT2D eigenvalue weighted by molar-refractivity contribution is -0.661. The van der Waals surface area contributed by atoms with Crippen molar-refractivity contribution in [3.05, 3.63) is 230 Å². The molecular weight excluding hydrogens is 1050 g/mol. The second-order valence-electron chi connectivity index (χ2n) is 26.5. The normalized spacial score (nSPS) is 14.4. The summed E-state index contributed by atoms with van der Waals surface area (Å²) in [6, 6.07) is 37.8. The summed E-state index contributed by atoms with van der Waals surface area (Å²) >= 11 is 0. The maximum Gasteiger partial charge on any atom is 0.294 e. The molecule has 0 N–H and O–H groups in total. The van der Waals surface area contributed by atoms with Crippen LogP contribution in [0.1, 0.15) is 239 Å². The Balaban J connectivity index is 0.000000209. The molecule has 0 aliphatic heterocycles. The molecule has 87 heavy (non-hydrogen) atoms. The van der Waals surface area contributed by atoms with Gasteiger partial charge in [0.1, 0.15) is 39.2 Å². The van der Waals surface area contributed by atoms with Crippen molar-refractivity contribution in [1.82, 2.24) is 4.57 Å². The van der Waals surface area contributed by atoms with Crippen molar-refractivity contribution < 1.29 is 34.7 Å². The van der Waals surface area contributed by atoms with E-state index in [1.807, 2.05) is 173 Å². The number of benzene rings is 5. The Bertz CT molecular complexity index is 4310. The van der Waals surface area contributed by atoms with Crippen LogP contribution in [0.3, 0.4) is 0 Å². The lowest BCUT2D eigenvalue weighted by Gasteiger charge is -2.21. The predicted octanol–water partition coefficient (Wildman–Crippen LogP) is 20.0. The molecule has 0 atom stereocenters. The molecule has 0 aliphatic rings. The van der Waals surface area contributed by atoms with Gasteiger partial charge < -0.3 is 0 Å². The summed E-state index contributed by atoms with van der Waals surface area (Å²) in [5, 5.41) is 0. The summed E-state index contributed by atoms with van der Waals surface area (Å²) < 4.78 is 106. The van der Waals surface area contributed by atoms with Gasteiger partial charge in [-0.1, -0.05) is 193 Å². The zero-order valence-electron chi connectivity index (χ0n) is 69.3. The van der Waals surface area contributed by atoms with Gasteiger partial charge in [-0.05, 0) is 159 Å². The van der Waals surface area contributed by atoms with Gasteiger partial charge in [-0.25, -0.2) is 18.3 Å². The van der Waals surface area contributed by atoms with E-state index in [2.05, 4.69) is 139 Å². The van der Waals surface area contributed by atoms with Crippen molar-refractivity contribution >= 4 is 0 Å². The van der Waals surface area contributed by atoms with E-state index in [1.54, 1.807) is 24.3 Å². The van der Waals surface area contributed by atoms with Crippen molar-refractivity contribution in [1.29, 1.82) is 0 Å². The highest BCUT2D eigenvalue weighted by Crippen LogP contribution is 2.36. The zero-order valence-corrected chi connectivity index (χ0v) is 57.3. The molecule has 0 amide bonds. The minimum absolute atomic E-state index is 0.189. The maximum atomic E-state index is 8.71. The Morgan fingerprint density at radius 3 is 1.28 bits per heavy atom. The van der Waals surface area contributed by atoms with Crippen LogP contribution >= 0.6 is 0 Å². The average Bonchev–Trinajstić information content (AvgIpc) is 1.74. The highest BCUT2D eigenvalue weighted by Gasteiger charge is 2.28. The lowest BCUT2D eigenvalue weighted by atomic mass is 9.83. The molecule has 4 aromatic heterocycles. The van der Waals surface area contributed by atoms with Crippen molar-refractivity contribution in [2.24, 2.45) is 28.2 Å². The molecule has 9 aromatic rings. The molecule has 4 heterocycles. The number of pyridine rings is 3. The molecular formula is C82H111N5+4. The van der Waals surface area contributed by atoms with Crippen LogP contribution in [0.4, 0.5) is 0 Å². The summed E-state index contributed by atoms with van der Waals surface area (Å²) in [6.07, 6.45) is 10.2. The first-order valence-corrected chi connectivity index (χ1v) is 30.8. The van der Waals surface area contributed by atoms with Gasteiger partial charge in [-0.15, -0.1) is 0 Å². The van der Waals surface area contributed by atoms with E-state index in [-0.39, 0.29) is 5.41 Å². The van der Waals surface area contributed by atoms with E-state index in [9.17, 15) is 0 Å². The van der Waals surface area contributed by atoms with Gasteiger partial charge in [0.05, 0.1) is 12.6 Å². The smallest absolute Gasteiger partial charge is 0.232 e. The standard InChI is InChI=1S/C23H29N2.2C20H28N.C19H26N/c1-16(2)19-12-9-13-20(17(3)4)22(19)25-15-14-24(6)23(25)21-11-8-7-10-18(21)5;2*1-13(2)18-11-20(21(7)12-19(18)14(3)4)17-9-8-15(5)10-16(17)6;1-13-8-9-16(14(2)10-13)18-11-17(19(4,5)6)15(3)12-20(18)7/h7-17H,1-6H3;2*8-14H,1-7H3;8-12H,1-7H3/q4*+1/i16D,17D;5D3,13D,14D;;1D3,3D2. The molecule has 0 radical (unpaired) electrons. The van der Waals surface area contributed by atoms with Crippen LogP contribution in [0.2, 0.25) is 0 Å². The number of aromatic nitrogens is 5. The molecule has 460 valence electrons. The average molecular weight is 1180 g/mol. The van der Waals surface area contributed by atoms with E-state index in [0.717, 1.165) is 78.5 Å². The van der Waals surface area contributed by atoms with Crippen LogP contribution in [0.5, 0.6) is 0 Å². The molecule has 0 unspecified atom stereocenters. The fourth-order valence-corrected chi connectivity index (χ4v) is 11.7. The number of hydrogen-bond acceptors (Lipinski definition) is 0. The minimum atomic E-state index is -2.13. The van der Waals surface area contributed by atoms with E-state index in [0.29, 0.717) is 28.5 Å². The fourth-order valence-electron chi connectivity index (χ4n) is 11.7. The second-order valence-corrected chi connectivity index (χ2v) is 26.5. The Morgan fingerprint density at radius 2 is 0.839 bits per heavy atom. The molecule has 0 saturated carbocycles. The van der Waals surface area contributed by atoms with Gasteiger partial charge in [-0.2, -0.15) is 4.57 Å². The number of para-hydroxylation sites is 1. The largest absolute Gasteiger partial charge is 0.294 e. The number of rotatable bonds is 11. The summed E-state index contributed by atoms with van der Waals surface area (Å²) in [5.41, 5.74) is 22.6. The van der Waals surface area contributed by atoms with Gasteiger partial charge in [0.2, 0.25) is 17.1 Å². The third-order valence-corrected chi connectivity index (χ3v) is 16.5. The highest BCUT2D eigenvalue weighted by molar-refractivity contribution is 5.66. The first-order valence-electron chi connectivity index (χ1n) is 37.0. The van der Waals surface area contributed by atoms with Gasteiger partial charge in [-0.3, -0.25) is 0 Å². The number of imidazole rings is 1. The van der Waals surface area contributed by atoms with Crippen LogP contribution in [0.25, 0.3) is 50.8 Å². The number of nitrogens with zero attached hydrogens (tertiary/aromatic N) is 5. The Kier molecular flexibility index (Phi) is 17.7. The molecule has 0 aliphatic carbocycles. The predicted molar refractivity (Wildman–Crippen MR) is 373 cm³/mol. The van der Waals surface area contributed by atoms with Gasteiger partial charge in [0.15, 0.2) is 18.6 Å². The quantitative estimate of drug-likeness (QED) is 0.115. The summed E-state index contributed by atoms with van der Waals surface area (Å²) in [7, 11) is 8.01. The number of hydrogen-bond donors (Lipinski definition) is 0. The van der Waals surface area contributed by atoms with E-state index in [4.69, 9.17) is 16.4 Å². The van der Waals surface area contributed by atoms with Crippen LogP contribution < -0.4 is 18.3 Å². The fraction of sp³-hybridized carbons (Fsp3) is 0.415. The first-order chi connectivity index (χ1) is 45.3. The molecule has 5 nitrogen and oxygen atoms in total. The highest BCUT2D eigenvalue weighted by atomic mass is 15.1. The van der Waals surface area contributed by atoms with Gasteiger partial charge in [0, 0.05) is 79.2 Å². The van der Waals surface area contributed by atoms with Crippen molar-refractivity contribution in [2.75, 3.05) is 0 Å². The van der Waals surface area contributed by atoms with Crippen LogP contribution in [0, 0.1) is 55.2 Å². The summed E-state index contributed by atoms with van der Waals surface area (Å²) in [6.45, 7) is 35.3. The topological polar surface area (TPSA) is 20.4 Å². The summed E-state index contributed by atoms with van der Waals surface area (Å²) in [4.78, 5) is 0. The lowest BCUT2D eigenvalue weighted by Crippen LogP contribution is -2.33. The van der Waals surface area contributed by atoms with Crippen LogP contribution in [0.15, 0.2) is 146 Å². The van der Waals surface area contributed by atoms with E-state index >= 15 is 0 Å². The Labute approximate surface area is 545 Å². The van der Waals surface area contributed by atoms with Crippen molar-refractivity contribution in [3.63, 3.8) is 0 Å². The summed E-state index contributed by atoms with van der Waals surface area (Å²) in [5.74, 6) is -1.05. The molecule has 0 spiro atoms. The third kappa shape index (κ3) is 16.5. The third-order valence-electron chi connectivity index (χ3n) is 16.5. The van der Waals surface area contributed by atoms with Gasteiger partial charge >= 0.3 is 0 Å². The van der Waals surface area contributed by atoms with Gasteiger partial charge in [0.25, 0.3) is 5.82 Å². The van der Waals surface area contributed by atoms with E-state index < -0.39 is 44.2 Å². The molecule has 0 saturated heterocycles. The van der Waals surface area contributed by atoms with E-state index in [1.165, 1.54) is 39.1 Å².